The van der Waals surface area contributed by atoms with Gasteiger partial charge < -0.3 is 9.47 Å². The van der Waals surface area contributed by atoms with E-state index < -0.39 is 5.60 Å². The molecule has 29 heavy (non-hydrogen) atoms. The van der Waals surface area contributed by atoms with Crippen LogP contribution >= 0.6 is 0 Å². The standard InChI is InChI=1S/C26H24O3/c1-14(2)19-13-24-22(11-17(19)5)26(20-9-7-6-8-18(20)25(27)29-26)21-10-15(3)16(4)12-23(21)28-24/h6-14H,1-5H3. The van der Waals surface area contributed by atoms with Gasteiger partial charge in [0.1, 0.15) is 11.5 Å². The van der Waals surface area contributed by atoms with E-state index in [1.807, 2.05) is 24.3 Å². The van der Waals surface area contributed by atoms with Gasteiger partial charge in [-0.1, -0.05) is 32.0 Å². The molecule has 3 aromatic rings. The number of ether oxygens (including phenoxy) is 2. The quantitative estimate of drug-likeness (QED) is 0.462. The van der Waals surface area contributed by atoms with Crippen LogP contribution < -0.4 is 4.74 Å². The van der Waals surface area contributed by atoms with Crippen LogP contribution in [0.3, 0.4) is 0 Å². The molecule has 0 amide bonds. The van der Waals surface area contributed by atoms with Crippen LogP contribution in [0, 0.1) is 20.8 Å². The molecule has 0 bridgehead atoms. The minimum absolute atomic E-state index is 0.289. The van der Waals surface area contributed by atoms with Gasteiger partial charge in [-0.15, -0.1) is 0 Å². The van der Waals surface area contributed by atoms with Gasteiger partial charge in [0, 0.05) is 16.7 Å². The molecule has 0 radical (unpaired) electrons. The summed E-state index contributed by atoms with van der Waals surface area (Å²) in [6.07, 6.45) is 0. The summed E-state index contributed by atoms with van der Waals surface area (Å²) in [7, 11) is 0. The first-order valence-corrected chi connectivity index (χ1v) is 10.1. The highest BCUT2D eigenvalue weighted by molar-refractivity contribution is 5.97. The Labute approximate surface area is 171 Å². The Morgan fingerprint density at radius 2 is 1.41 bits per heavy atom. The molecule has 2 heterocycles. The summed E-state index contributed by atoms with van der Waals surface area (Å²) >= 11 is 0. The first-order chi connectivity index (χ1) is 13.8. The summed E-state index contributed by atoms with van der Waals surface area (Å²) in [5, 5.41) is 0. The second-order valence-electron chi connectivity index (χ2n) is 8.51. The third-order valence-corrected chi connectivity index (χ3v) is 6.34. The minimum atomic E-state index is -0.977. The molecule has 3 aromatic carbocycles. The molecular weight excluding hydrogens is 360 g/mol. The first kappa shape index (κ1) is 18.0. The number of hydrogen-bond donors (Lipinski definition) is 0. The van der Waals surface area contributed by atoms with Crippen LogP contribution in [0.5, 0.6) is 11.5 Å². The van der Waals surface area contributed by atoms with Crippen molar-refractivity contribution >= 4 is 5.97 Å². The summed E-state index contributed by atoms with van der Waals surface area (Å²) in [5.41, 5.74) is 7.03. The number of hydrogen-bond acceptors (Lipinski definition) is 3. The van der Waals surface area contributed by atoms with E-state index in [4.69, 9.17) is 9.47 Å². The largest absolute Gasteiger partial charge is 0.456 e. The van der Waals surface area contributed by atoms with Crippen molar-refractivity contribution in [3.8, 4) is 11.5 Å². The highest BCUT2D eigenvalue weighted by atomic mass is 16.6. The molecule has 1 unspecified atom stereocenters. The van der Waals surface area contributed by atoms with Gasteiger partial charge in [0.05, 0.1) is 5.56 Å². The van der Waals surface area contributed by atoms with Crippen LogP contribution in [0.4, 0.5) is 0 Å². The fourth-order valence-electron chi connectivity index (χ4n) is 4.72. The summed E-state index contributed by atoms with van der Waals surface area (Å²) in [5.74, 6) is 1.60. The number of fused-ring (bicyclic) bond motifs is 6. The Kier molecular flexibility index (Phi) is 3.70. The van der Waals surface area contributed by atoms with Gasteiger partial charge in [0.15, 0.2) is 5.60 Å². The number of rotatable bonds is 1. The molecule has 146 valence electrons. The van der Waals surface area contributed by atoms with E-state index in [1.165, 1.54) is 11.1 Å². The maximum absolute atomic E-state index is 12.9. The predicted octanol–water partition coefficient (Wildman–Crippen LogP) is 6.30. The van der Waals surface area contributed by atoms with Crippen LogP contribution in [-0.2, 0) is 10.3 Å². The molecule has 3 heteroatoms. The van der Waals surface area contributed by atoms with E-state index in [9.17, 15) is 4.79 Å². The monoisotopic (exact) mass is 384 g/mol. The second-order valence-corrected chi connectivity index (χ2v) is 8.51. The predicted molar refractivity (Wildman–Crippen MR) is 113 cm³/mol. The maximum atomic E-state index is 12.9. The van der Waals surface area contributed by atoms with E-state index in [0.717, 1.165) is 39.3 Å². The van der Waals surface area contributed by atoms with E-state index in [1.54, 1.807) is 0 Å². The van der Waals surface area contributed by atoms with E-state index in [0.29, 0.717) is 11.5 Å². The number of benzene rings is 3. The van der Waals surface area contributed by atoms with Crippen LogP contribution in [-0.4, -0.2) is 5.97 Å². The molecule has 0 N–H and O–H groups in total. The van der Waals surface area contributed by atoms with Crippen LogP contribution in [0.2, 0.25) is 0 Å². The van der Waals surface area contributed by atoms with Crippen molar-refractivity contribution in [1.82, 2.24) is 0 Å². The average Bonchev–Trinajstić information content (AvgIpc) is 2.98. The van der Waals surface area contributed by atoms with Gasteiger partial charge in [-0.25, -0.2) is 4.79 Å². The van der Waals surface area contributed by atoms with Crippen LogP contribution in [0.25, 0.3) is 0 Å². The van der Waals surface area contributed by atoms with Gasteiger partial charge in [-0.2, -0.15) is 0 Å². The lowest BCUT2D eigenvalue weighted by Gasteiger charge is -2.37. The highest BCUT2D eigenvalue weighted by Crippen LogP contribution is 2.57. The summed E-state index contributed by atoms with van der Waals surface area (Å²) in [6.45, 7) is 10.6. The second kappa shape index (κ2) is 5.96. The van der Waals surface area contributed by atoms with Crippen molar-refractivity contribution < 1.29 is 14.3 Å². The fraction of sp³-hybridized carbons (Fsp3) is 0.269. The summed E-state index contributed by atoms with van der Waals surface area (Å²) in [6, 6.07) is 16.1. The zero-order valence-electron chi connectivity index (χ0n) is 17.4. The molecule has 2 aliphatic rings. The summed E-state index contributed by atoms with van der Waals surface area (Å²) in [4.78, 5) is 12.9. The first-order valence-electron chi connectivity index (χ1n) is 10.1. The van der Waals surface area contributed by atoms with Gasteiger partial charge in [0.2, 0.25) is 0 Å². The molecule has 0 saturated carbocycles. The Morgan fingerprint density at radius 1 is 0.793 bits per heavy atom. The van der Waals surface area contributed by atoms with Crippen LogP contribution in [0.1, 0.15) is 69.1 Å². The average molecular weight is 384 g/mol. The van der Waals surface area contributed by atoms with Crippen molar-refractivity contribution in [1.29, 1.82) is 0 Å². The number of aryl methyl sites for hydroxylation is 3. The molecule has 2 aliphatic heterocycles. The lowest BCUT2D eigenvalue weighted by Crippen LogP contribution is -2.33. The van der Waals surface area contributed by atoms with Crippen molar-refractivity contribution in [2.75, 3.05) is 0 Å². The van der Waals surface area contributed by atoms with Crippen molar-refractivity contribution in [2.24, 2.45) is 0 Å². The Bertz CT molecular complexity index is 1190. The van der Waals surface area contributed by atoms with E-state index >= 15 is 0 Å². The van der Waals surface area contributed by atoms with Crippen molar-refractivity contribution in [2.45, 2.75) is 46.1 Å². The number of esters is 1. The molecule has 0 aromatic heterocycles. The lowest BCUT2D eigenvalue weighted by atomic mass is 9.75. The zero-order chi connectivity index (χ0) is 20.5. The van der Waals surface area contributed by atoms with Crippen molar-refractivity contribution in [3.63, 3.8) is 0 Å². The number of carbonyl (C=O) groups excluding carboxylic acids is 1. The molecule has 0 saturated heterocycles. The topological polar surface area (TPSA) is 35.5 Å². The van der Waals surface area contributed by atoms with Gasteiger partial charge in [-0.3, -0.25) is 0 Å². The van der Waals surface area contributed by atoms with E-state index in [2.05, 4.69) is 58.9 Å². The van der Waals surface area contributed by atoms with Crippen molar-refractivity contribution in [3.05, 3.63) is 93.0 Å². The molecule has 0 aliphatic carbocycles. The molecule has 1 atom stereocenters. The lowest BCUT2D eigenvalue weighted by molar-refractivity contribution is 0.0224. The minimum Gasteiger partial charge on any atom is -0.456 e. The fourth-order valence-corrected chi connectivity index (χ4v) is 4.72. The molecule has 5 rings (SSSR count). The normalized spacial score (nSPS) is 18.9. The Morgan fingerprint density at radius 3 is 2.14 bits per heavy atom. The Balaban J connectivity index is 1.90. The Hall–Kier alpha value is -3.07. The molecule has 1 spiro atoms. The zero-order valence-corrected chi connectivity index (χ0v) is 17.4. The summed E-state index contributed by atoms with van der Waals surface area (Å²) < 4.78 is 12.6. The molecular formula is C26H24O3. The highest BCUT2D eigenvalue weighted by Gasteiger charge is 2.53. The number of carbonyl (C=O) groups is 1. The third-order valence-electron chi connectivity index (χ3n) is 6.34. The smallest absolute Gasteiger partial charge is 0.340 e. The van der Waals surface area contributed by atoms with Gasteiger partial charge in [0.25, 0.3) is 0 Å². The van der Waals surface area contributed by atoms with Gasteiger partial charge in [-0.05, 0) is 79.3 Å². The maximum Gasteiger partial charge on any atom is 0.340 e. The van der Waals surface area contributed by atoms with E-state index in [-0.39, 0.29) is 5.97 Å². The third kappa shape index (κ3) is 2.33. The SMILES string of the molecule is Cc1cc2c(cc1C)C1(OC(=O)c3ccccc31)c1cc(C)c(C(C)C)cc1O2. The molecule has 0 fully saturated rings. The van der Waals surface area contributed by atoms with Crippen LogP contribution in [0.15, 0.2) is 48.5 Å². The van der Waals surface area contributed by atoms with Gasteiger partial charge >= 0.3 is 5.97 Å². The molecule has 3 nitrogen and oxygen atoms in total.